The zero-order valence-corrected chi connectivity index (χ0v) is 11.8. The lowest BCUT2D eigenvalue weighted by Crippen LogP contribution is -2.29. The van der Waals surface area contributed by atoms with Crippen molar-refractivity contribution >= 4 is 0 Å². The predicted octanol–water partition coefficient (Wildman–Crippen LogP) is 3.92. The highest BCUT2D eigenvalue weighted by Crippen LogP contribution is 2.30. The first kappa shape index (κ1) is 13.4. The molecule has 1 fully saturated rings. The van der Waals surface area contributed by atoms with Crippen molar-refractivity contribution in [3.63, 3.8) is 0 Å². The van der Waals surface area contributed by atoms with Crippen LogP contribution in [0.25, 0.3) is 0 Å². The molecular formula is C16H25NO. The van der Waals surface area contributed by atoms with Crippen molar-refractivity contribution < 1.29 is 4.74 Å². The summed E-state index contributed by atoms with van der Waals surface area (Å²) in [6, 6.07) is 9.46. The molecule has 18 heavy (non-hydrogen) atoms. The molecule has 1 aliphatic rings. The van der Waals surface area contributed by atoms with E-state index < -0.39 is 0 Å². The smallest absolute Gasteiger partial charge is 0.119 e. The van der Waals surface area contributed by atoms with Crippen LogP contribution in [0.5, 0.6) is 5.75 Å². The molecule has 1 aliphatic carbocycles. The molecule has 0 heterocycles. The van der Waals surface area contributed by atoms with Crippen LogP contribution in [0, 0.1) is 5.92 Å². The van der Waals surface area contributed by atoms with E-state index in [1.54, 1.807) is 7.11 Å². The molecule has 2 rings (SSSR count). The third-order valence-electron chi connectivity index (χ3n) is 4.20. The second-order valence-corrected chi connectivity index (χ2v) is 5.45. The molecule has 0 radical (unpaired) electrons. The van der Waals surface area contributed by atoms with Crippen LogP contribution in [0.15, 0.2) is 24.3 Å². The summed E-state index contributed by atoms with van der Waals surface area (Å²) in [6.45, 7) is 4.55. The third kappa shape index (κ3) is 3.26. The molecule has 2 nitrogen and oxygen atoms in total. The lowest BCUT2D eigenvalue weighted by Gasteiger charge is -2.20. The highest BCUT2D eigenvalue weighted by molar-refractivity contribution is 5.30. The molecular weight excluding hydrogens is 222 g/mol. The largest absolute Gasteiger partial charge is 0.497 e. The Kier molecular flexibility index (Phi) is 4.65. The summed E-state index contributed by atoms with van der Waals surface area (Å²) >= 11 is 0. The second kappa shape index (κ2) is 6.24. The van der Waals surface area contributed by atoms with Crippen molar-refractivity contribution in [1.82, 2.24) is 5.32 Å². The summed E-state index contributed by atoms with van der Waals surface area (Å²) in [5.41, 5.74) is 1.31. The number of rotatable bonds is 5. The molecule has 1 aromatic rings. The molecule has 0 spiro atoms. The summed E-state index contributed by atoms with van der Waals surface area (Å²) in [7, 11) is 1.72. The van der Waals surface area contributed by atoms with Gasteiger partial charge in [0.15, 0.2) is 0 Å². The maximum Gasteiger partial charge on any atom is 0.119 e. The van der Waals surface area contributed by atoms with Crippen molar-refractivity contribution in [2.75, 3.05) is 7.11 Å². The summed E-state index contributed by atoms with van der Waals surface area (Å²) in [4.78, 5) is 0. The van der Waals surface area contributed by atoms with Gasteiger partial charge in [-0.1, -0.05) is 25.5 Å². The Bertz CT molecular complexity index is 377. The Hall–Kier alpha value is -1.02. The van der Waals surface area contributed by atoms with Gasteiger partial charge in [0.2, 0.25) is 0 Å². The number of ether oxygens (including phenoxy) is 1. The molecule has 1 saturated carbocycles. The van der Waals surface area contributed by atoms with Crippen molar-refractivity contribution in [3.05, 3.63) is 29.8 Å². The fourth-order valence-corrected chi connectivity index (χ4v) is 2.96. The van der Waals surface area contributed by atoms with Gasteiger partial charge in [0, 0.05) is 12.1 Å². The zero-order chi connectivity index (χ0) is 13.0. The van der Waals surface area contributed by atoms with Crippen LogP contribution in [-0.2, 0) is 0 Å². The van der Waals surface area contributed by atoms with Crippen molar-refractivity contribution in [1.29, 1.82) is 0 Å². The number of nitrogens with one attached hydrogen (secondary N) is 1. The summed E-state index contributed by atoms with van der Waals surface area (Å²) < 4.78 is 5.28. The number of methoxy groups -OCH3 is 1. The quantitative estimate of drug-likeness (QED) is 0.851. The van der Waals surface area contributed by atoms with Crippen LogP contribution in [0.2, 0.25) is 0 Å². The Morgan fingerprint density at radius 1 is 1.39 bits per heavy atom. The average Bonchev–Trinajstić information content (AvgIpc) is 2.86. The predicted molar refractivity (Wildman–Crippen MR) is 76.0 cm³/mol. The van der Waals surface area contributed by atoms with E-state index in [2.05, 4.69) is 37.4 Å². The van der Waals surface area contributed by atoms with Gasteiger partial charge in [-0.05, 0) is 49.8 Å². The van der Waals surface area contributed by atoms with Crippen LogP contribution < -0.4 is 10.1 Å². The van der Waals surface area contributed by atoms with Crippen LogP contribution in [0.4, 0.5) is 0 Å². The zero-order valence-electron chi connectivity index (χ0n) is 11.8. The summed E-state index contributed by atoms with van der Waals surface area (Å²) in [5, 5.41) is 3.76. The molecule has 0 saturated heterocycles. The minimum atomic E-state index is 0.403. The van der Waals surface area contributed by atoms with E-state index in [-0.39, 0.29) is 0 Å². The standard InChI is InChI=1S/C16H25NO/c1-4-13-8-9-15(10-13)17-12(2)14-6-5-7-16(11-14)18-3/h5-7,11-13,15,17H,4,8-10H2,1-3H3. The van der Waals surface area contributed by atoms with E-state index >= 15 is 0 Å². The highest BCUT2D eigenvalue weighted by atomic mass is 16.5. The van der Waals surface area contributed by atoms with Gasteiger partial charge < -0.3 is 10.1 Å². The van der Waals surface area contributed by atoms with Gasteiger partial charge in [-0.25, -0.2) is 0 Å². The van der Waals surface area contributed by atoms with E-state index in [1.165, 1.54) is 31.2 Å². The molecule has 0 aromatic heterocycles. The Morgan fingerprint density at radius 3 is 2.89 bits per heavy atom. The Balaban J connectivity index is 1.93. The van der Waals surface area contributed by atoms with E-state index in [1.807, 2.05) is 6.07 Å². The normalized spacial score (nSPS) is 25.1. The lowest BCUT2D eigenvalue weighted by molar-refractivity contribution is 0.410. The Morgan fingerprint density at radius 2 is 2.22 bits per heavy atom. The van der Waals surface area contributed by atoms with Gasteiger partial charge in [0.25, 0.3) is 0 Å². The minimum Gasteiger partial charge on any atom is -0.497 e. The Labute approximate surface area is 111 Å². The van der Waals surface area contributed by atoms with Gasteiger partial charge in [0.1, 0.15) is 5.75 Å². The molecule has 0 amide bonds. The third-order valence-corrected chi connectivity index (χ3v) is 4.20. The summed E-state index contributed by atoms with van der Waals surface area (Å²) in [5.74, 6) is 1.87. The number of benzene rings is 1. The molecule has 1 aromatic carbocycles. The average molecular weight is 247 g/mol. The SMILES string of the molecule is CCC1CCC(NC(C)c2cccc(OC)c2)C1. The summed E-state index contributed by atoms with van der Waals surface area (Å²) in [6.07, 6.45) is 5.38. The van der Waals surface area contributed by atoms with E-state index in [0.29, 0.717) is 12.1 Å². The second-order valence-electron chi connectivity index (χ2n) is 5.45. The first-order valence-corrected chi connectivity index (χ1v) is 7.13. The van der Waals surface area contributed by atoms with E-state index in [4.69, 9.17) is 4.74 Å². The number of hydrogen-bond acceptors (Lipinski definition) is 2. The minimum absolute atomic E-state index is 0.403. The van der Waals surface area contributed by atoms with Gasteiger partial charge in [-0.3, -0.25) is 0 Å². The van der Waals surface area contributed by atoms with Crippen LogP contribution in [-0.4, -0.2) is 13.2 Å². The van der Waals surface area contributed by atoms with Gasteiger partial charge >= 0.3 is 0 Å². The molecule has 0 bridgehead atoms. The van der Waals surface area contributed by atoms with Crippen molar-refractivity contribution in [2.45, 2.75) is 51.6 Å². The van der Waals surface area contributed by atoms with E-state index in [9.17, 15) is 0 Å². The first-order valence-electron chi connectivity index (χ1n) is 7.13. The molecule has 100 valence electrons. The van der Waals surface area contributed by atoms with Crippen molar-refractivity contribution in [3.8, 4) is 5.75 Å². The van der Waals surface area contributed by atoms with Crippen LogP contribution in [0.1, 0.15) is 51.1 Å². The number of hydrogen-bond donors (Lipinski definition) is 1. The molecule has 3 atom stereocenters. The maximum atomic E-state index is 5.28. The van der Waals surface area contributed by atoms with Crippen LogP contribution >= 0.6 is 0 Å². The molecule has 1 N–H and O–H groups in total. The fourth-order valence-electron chi connectivity index (χ4n) is 2.96. The highest BCUT2D eigenvalue weighted by Gasteiger charge is 2.24. The van der Waals surface area contributed by atoms with Gasteiger partial charge in [-0.15, -0.1) is 0 Å². The van der Waals surface area contributed by atoms with E-state index in [0.717, 1.165) is 11.7 Å². The first-order chi connectivity index (χ1) is 8.72. The maximum absolute atomic E-state index is 5.28. The topological polar surface area (TPSA) is 21.3 Å². The molecule has 2 heteroatoms. The monoisotopic (exact) mass is 247 g/mol. The van der Waals surface area contributed by atoms with Gasteiger partial charge in [0.05, 0.1) is 7.11 Å². The molecule has 0 aliphatic heterocycles. The van der Waals surface area contributed by atoms with Crippen molar-refractivity contribution in [2.24, 2.45) is 5.92 Å². The molecule has 3 unspecified atom stereocenters. The fraction of sp³-hybridized carbons (Fsp3) is 0.625. The van der Waals surface area contributed by atoms with Crippen LogP contribution in [0.3, 0.4) is 0 Å². The lowest BCUT2D eigenvalue weighted by atomic mass is 10.0. The van der Waals surface area contributed by atoms with Gasteiger partial charge in [-0.2, -0.15) is 0 Å².